The van der Waals surface area contributed by atoms with Crippen LogP contribution in [0.2, 0.25) is 0 Å². The number of ketones is 2. The quantitative estimate of drug-likeness (QED) is 0.0984. The van der Waals surface area contributed by atoms with Crippen molar-refractivity contribution in [1.29, 1.82) is 0 Å². The number of ether oxygens (including phenoxy) is 1. The fourth-order valence-electron chi connectivity index (χ4n) is 3.94. The lowest BCUT2D eigenvalue weighted by atomic mass is 10.1. The molecule has 3 aliphatic rings. The molecule has 0 unspecified atom stereocenters. The number of carbonyl (C=O) groups excluding carboxylic acids is 7. The Hall–Kier alpha value is -4.04. The van der Waals surface area contributed by atoms with Crippen LogP contribution in [0.15, 0.2) is 25.3 Å². The lowest BCUT2D eigenvalue weighted by molar-refractivity contribution is -0.197. The van der Waals surface area contributed by atoms with Gasteiger partial charge in [0.2, 0.25) is 0 Å². The van der Waals surface area contributed by atoms with Crippen molar-refractivity contribution in [2.45, 2.75) is 116 Å². The van der Waals surface area contributed by atoms with E-state index in [0.29, 0.717) is 30.7 Å². The molecule has 0 aromatic heterocycles. The third-order valence-electron chi connectivity index (χ3n) is 6.62. The summed E-state index contributed by atoms with van der Waals surface area (Å²) in [5, 5.41) is 17.5. The highest BCUT2D eigenvalue weighted by atomic mass is 16.7. The molecule has 3 fully saturated rings. The smallest absolute Gasteiger partial charge is 0.333 e. The molecular formula is C32H48N2O12. The first-order valence-electron chi connectivity index (χ1n) is 15.6. The summed E-state index contributed by atoms with van der Waals surface area (Å²) in [6, 6.07) is 0. The second kappa shape index (κ2) is 26.2. The second-order valence-corrected chi connectivity index (χ2v) is 10.5. The molecule has 0 aromatic carbocycles. The van der Waals surface area contributed by atoms with Gasteiger partial charge in [0.05, 0.1) is 0 Å². The number of aliphatic carboxylic acids is 1. The van der Waals surface area contributed by atoms with Crippen LogP contribution in [0.3, 0.4) is 0 Å². The van der Waals surface area contributed by atoms with E-state index < -0.39 is 35.6 Å². The van der Waals surface area contributed by atoms with Gasteiger partial charge in [0, 0.05) is 64.6 Å². The maximum atomic E-state index is 11.4. The molecule has 14 heteroatoms. The number of rotatable bonds is 17. The minimum atomic E-state index is -0.748. The number of carboxylic acid groups (broad SMARTS) is 1. The highest BCUT2D eigenvalue weighted by Crippen LogP contribution is 2.14. The van der Waals surface area contributed by atoms with Crippen molar-refractivity contribution in [2.75, 3.05) is 13.2 Å². The molecule has 0 aliphatic carbocycles. The molecule has 0 radical (unpaired) electrons. The largest absolute Gasteiger partial charge is 0.481 e. The van der Waals surface area contributed by atoms with Gasteiger partial charge in [-0.3, -0.25) is 38.8 Å². The van der Waals surface area contributed by atoms with Gasteiger partial charge < -0.3 is 14.7 Å². The average molecular weight is 653 g/mol. The molecule has 258 valence electrons. The second-order valence-electron chi connectivity index (χ2n) is 10.5. The minimum Gasteiger partial charge on any atom is -0.481 e. The zero-order chi connectivity index (χ0) is 34.7. The molecule has 46 heavy (non-hydrogen) atoms. The topological polar surface area (TPSA) is 202 Å². The molecule has 0 saturated carbocycles. The number of hydroxylamine groups is 4. The number of hydrogen-bond acceptors (Lipinski definition) is 11. The Morgan fingerprint density at radius 2 is 1.04 bits per heavy atom. The predicted octanol–water partition coefficient (Wildman–Crippen LogP) is 4.18. The van der Waals surface area contributed by atoms with Crippen LogP contribution in [0.4, 0.5) is 0 Å². The van der Waals surface area contributed by atoms with Crippen LogP contribution in [-0.4, -0.2) is 80.8 Å². The summed E-state index contributed by atoms with van der Waals surface area (Å²) in [7, 11) is 0. The van der Waals surface area contributed by atoms with Gasteiger partial charge in [-0.05, 0) is 50.7 Å². The van der Waals surface area contributed by atoms with Gasteiger partial charge in [-0.1, -0.05) is 38.8 Å². The molecule has 3 heterocycles. The molecular weight excluding hydrogens is 604 g/mol. The zero-order valence-corrected chi connectivity index (χ0v) is 26.6. The Kier molecular flexibility index (Phi) is 23.9. The lowest BCUT2D eigenvalue weighted by Crippen LogP contribution is -2.31. The van der Waals surface area contributed by atoms with Crippen LogP contribution in [-0.2, 0) is 47.9 Å². The molecule has 3 aliphatic heterocycles. The summed E-state index contributed by atoms with van der Waals surface area (Å²) in [5.74, 6) is -3.17. The zero-order valence-electron chi connectivity index (χ0n) is 26.6. The summed E-state index contributed by atoms with van der Waals surface area (Å²) < 4.78 is 4.94. The molecule has 14 nitrogen and oxygen atoms in total. The van der Waals surface area contributed by atoms with E-state index >= 15 is 0 Å². The first-order valence-corrected chi connectivity index (χ1v) is 15.6. The first kappa shape index (κ1) is 42.0. The molecule has 3 saturated heterocycles. The number of carbonyl (C=O) groups is 8. The third kappa shape index (κ3) is 21.6. The number of hydrogen-bond donors (Lipinski definition) is 2. The lowest BCUT2D eigenvalue weighted by Gasteiger charge is -2.12. The van der Waals surface area contributed by atoms with Crippen LogP contribution in [0.5, 0.6) is 0 Å². The van der Waals surface area contributed by atoms with Crippen LogP contribution in [0, 0.1) is 0 Å². The maximum absolute atomic E-state index is 11.4. The van der Waals surface area contributed by atoms with E-state index in [1.54, 1.807) is 0 Å². The monoisotopic (exact) mass is 652 g/mol. The van der Waals surface area contributed by atoms with Crippen molar-refractivity contribution in [1.82, 2.24) is 10.1 Å². The highest BCUT2D eigenvalue weighted by molar-refractivity contribution is 6.01. The van der Waals surface area contributed by atoms with E-state index in [1.165, 1.54) is 25.0 Å². The molecule has 0 atom stereocenters. The standard InChI is InChI=1S/C14H19NO5.C10H16O3.C4H5NO3.C4H8O/c1-2-11(16)7-5-3-4-6-8-14(19)20-15-12(17)9-10-13(15)18;1-2-9(11)7-5-3-4-6-8-10(12)13;6-3-1-2-4(7)5(3)8;1-2-4-5-3-1/h2H,1,3-10H2;2H,1,3-8H2,(H,12,13);8H,1-2H2;1-4H2. The van der Waals surface area contributed by atoms with E-state index in [1.807, 2.05) is 0 Å². The van der Waals surface area contributed by atoms with Crippen molar-refractivity contribution in [3.63, 3.8) is 0 Å². The Morgan fingerprint density at radius 1 is 0.652 bits per heavy atom. The van der Waals surface area contributed by atoms with E-state index in [9.17, 15) is 38.4 Å². The average Bonchev–Trinajstić information content (AvgIpc) is 3.79. The Morgan fingerprint density at radius 3 is 1.37 bits per heavy atom. The summed E-state index contributed by atoms with van der Waals surface area (Å²) in [6.45, 7) is 8.76. The van der Waals surface area contributed by atoms with Gasteiger partial charge in [-0.15, -0.1) is 5.06 Å². The van der Waals surface area contributed by atoms with Crippen LogP contribution >= 0.6 is 0 Å². The normalized spacial score (nSPS) is 15.2. The predicted molar refractivity (Wildman–Crippen MR) is 164 cm³/mol. The first-order chi connectivity index (χ1) is 21.9. The number of allylic oxidation sites excluding steroid dienone is 2. The third-order valence-corrected chi connectivity index (χ3v) is 6.62. The van der Waals surface area contributed by atoms with Crippen molar-refractivity contribution >= 4 is 47.1 Å². The van der Waals surface area contributed by atoms with Crippen molar-refractivity contribution < 1.29 is 58.2 Å². The fraction of sp³-hybridized carbons (Fsp3) is 0.625. The van der Waals surface area contributed by atoms with Gasteiger partial charge in [0.25, 0.3) is 23.6 Å². The van der Waals surface area contributed by atoms with E-state index in [0.717, 1.165) is 51.7 Å². The van der Waals surface area contributed by atoms with Crippen molar-refractivity contribution in [3.8, 4) is 0 Å². The van der Waals surface area contributed by atoms with Crippen LogP contribution in [0.25, 0.3) is 0 Å². The fourth-order valence-corrected chi connectivity index (χ4v) is 3.94. The van der Waals surface area contributed by atoms with Gasteiger partial charge in [0.1, 0.15) is 0 Å². The number of unbranched alkanes of at least 4 members (excludes halogenated alkanes) is 6. The van der Waals surface area contributed by atoms with Gasteiger partial charge in [0.15, 0.2) is 11.6 Å². The number of amides is 4. The summed E-state index contributed by atoms with van der Waals surface area (Å²) in [4.78, 5) is 90.9. The summed E-state index contributed by atoms with van der Waals surface area (Å²) in [5.41, 5.74) is 0. The van der Waals surface area contributed by atoms with Crippen LogP contribution < -0.4 is 0 Å². The highest BCUT2D eigenvalue weighted by Gasteiger charge is 2.32. The Balaban J connectivity index is 0.000000659. The molecule has 4 amide bonds. The van der Waals surface area contributed by atoms with Crippen LogP contribution in [0.1, 0.15) is 116 Å². The van der Waals surface area contributed by atoms with Crippen molar-refractivity contribution in [3.05, 3.63) is 25.3 Å². The Labute approximate surface area is 269 Å². The molecule has 2 N–H and O–H groups in total. The van der Waals surface area contributed by atoms with E-state index in [4.69, 9.17) is 19.9 Å². The van der Waals surface area contributed by atoms with Gasteiger partial charge >= 0.3 is 11.9 Å². The maximum Gasteiger partial charge on any atom is 0.333 e. The van der Waals surface area contributed by atoms with Gasteiger partial charge in [-0.2, -0.15) is 5.06 Å². The number of nitrogens with zero attached hydrogens (tertiary/aromatic N) is 2. The Bertz CT molecular complexity index is 1010. The van der Waals surface area contributed by atoms with E-state index in [-0.39, 0.29) is 55.2 Å². The van der Waals surface area contributed by atoms with Crippen molar-refractivity contribution in [2.24, 2.45) is 0 Å². The SMILES string of the molecule is C1CCOC1.C=CC(=O)CCCCCCC(=O)O.C=CC(=O)CCCCCCC(=O)ON1C(=O)CCC1=O.O=C1CCC(=O)N1O. The minimum absolute atomic E-state index is 0.0236. The molecule has 0 spiro atoms. The molecule has 0 aromatic rings. The number of carboxylic acids is 1. The van der Waals surface area contributed by atoms with E-state index in [2.05, 4.69) is 13.2 Å². The summed E-state index contributed by atoms with van der Waals surface area (Å²) >= 11 is 0. The van der Waals surface area contributed by atoms with Gasteiger partial charge in [-0.25, -0.2) is 4.79 Å². The number of imide groups is 2. The molecule has 3 rings (SSSR count). The summed E-state index contributed by atoms with van der Waals surface area (Å²) in [6.07, 6.45) is 13.5. The molecule has 0 bridgehead atoms.